The molecule has 9 nitrogen and oxygen atoms in total. The van der Waals surface area contributed by atoms with Gasteiger partial charge in [0.25, 0.3) is 5.91 Å². The molecule has 1 aliphatic heterocycles. The van der Waals surface area contributed by atoms with Gasteiger partial charge in [0.15, 0.2) is 24.2 Å². The second-order valence-electron chi connectivity index (χ2n) is 8.73. The van der Waals surface area contributed by atoms with Gasteiger partial charge in [-0.2, -0.15) is 0 Å². The summed E-state index contributed by atoms with van der Waals surface area (Å²) in [5, 5.41) is 2.53. The number of hydrogen-bond acceptors (Lipinski definition) is 7. The normalized spacial score (nSPS) is 16.5. The lowest BCUT2D eigenvalue weighted by Gasteiger charge is -2.44. The van der Waals surface area contributed by atoms with Gasteiger partial charge < -0.3 is 14.8 Å². The zero-order valence-corrected chi connectivity index (χ0v) is 20.6. The standard InChI is InChI=1S/C29H26N2O7/c1-19(32)18-37-28-24(30-23(33)17-20-11-5-2-6-12-20)26(34)31(28)27(35)29(36)38-25(21-13-7-3-8-14-21)22-15-9-4-10-16-22/h2-16,24-25,28H,17-18H2,1H3,(H,30,33)/t24-,28+/m0/s1. The number of imide groups is 1. The Hall–Kier alpha value is -4.63. The van der Waals surface area contributed by atoms with Gasteiger partial charge >= 0.3 is 11.9 Å². The summed E-state index contributed by atoms with van der Waals surface area (Å²) in [4.78, 5) is 63.5. The van der Waals surface area contributed by atoms with E-state index in [-0.39, 0.29) is 12.2 Å². The molecule has 0 unspecified atom stereocenters. The summed E-state index contributed by atoms with van der Waals surface area (Å²) in [6.07, 6.45) is -2.24. The maximum absolute atomic E-state index is 13.1. The van der Waals surface area contributed by atoms with Crippen LogP contribution in [-0.2, 0) is 39.9 Å². The Labute approximate surface area is 219 Å². The monoisotopic (exact) mass is 514 g/mol. The predicted octanol–water partition coefficient (Wildman–Crippen LogP) is 2.35. The molecule has 0 bridgehead atoms. The molecular weight excluding hydrogens is 488 g/mol. The maximum atomic E-state index is 13.1. The minimum atomic E-state index is -1.34. The Kier molecular flexibility index (Phi) is 8.40. The number of carbonyl (C=O) groups is 5. The van der Waals surface area contributed by atoms with Crippen molar-refractivity contribution in [2.24, 2.45) is 0 Å². The van der Waals surface area contributed by atoms with Crippen molar-refractivity contribution in [3.05, 3.63) is 108 Å². The molecule has 3 aromatic carbocycles. The van der Waals surface area contributed by atoms with Crippen molar-refractivity contribution in [1.29, 1.82) is 0 Å². The number of ketones is 1. The Bertz CT molecular complexity index is 1270. The largest absolute Gasteiger partial charge is 0.445 e. The fourth-order valence-electron chi connectivity index (χ4n) is 4.03. The maximum Gasteiger partial charge on any atom is 0.398 e. The van der Waals surface area contributed by atoms with E-state index >= 15 is 0 Å². The molecule has 3 aromatic rings. The van der Waals surface area contributed by atoms with E-state index in [2.05, 4.69) is 5.32 Å². The predicted molar refractivity (Wildman–Crippen MR) is 135 cm³/mol. The number of esters is 1. The summed E-state index contributed by atoms with van der Waals surface area (Å²) < 4.78 is 11.0. The second-order valence-corrected chi connectivity index (χ2v) is 8.73. The SMILES string of the molecule is CC(=O)CO[C@@H]1[C@@H](NC(=O)Cc2ccccc2)C(=O)N1C(=O)C(=O)OC(c1ccccc1)c1ccccc1. The quantitative estimate of drug-likeness (QED) is 0.265. The van der Waals surface area contributed by atoms with Crippen LogP contribution in [-0.4, -0.2) is 53.3 Å². The lowest BCUT2D eigenvalue weighted by atomic mass is 10.0. The molecule has 2 atom stereocenters. The molecule has 1 N–H and O–H groups in total. The van der Waals surface area contributed by atoms with Gasteiger partial charge in [0.1, 0.15) is 6.61 Å². The van der Waals surface area contributed by atoms with Crippen LogP contribution >= 0.6 is 0 Å². The highest BCUT2D eigenvalue weighted by Gasteiger charge is 2.54. The fraction of sp³-hybridized carbons (Fsp3) is 0.207. The Balaban J connectivity index is 1.49. The fourth-order valence-corrected chi connectivity index (χ4v) is 4.03. The number of β-lactam (4-membered cyclic amide) rings is 1. The van der Waals surface area contributed by atoms with E-state index in [0.29, 0.717) is 16.0 Å². The number of likely N-dealkylation sites (tertiary alicyclic amines) is 1. The highest BCUT2D eigenvalue weighted by atomic mass is 16.6. The van der Waals surface area contributed by atoms with Crippen LogP contribution in [0.3, 0.4) is 0 Å². The number of amides is 3. The average Bonchev–Trinajstić information content (AvgIpc) is 2.93. The van der Waals surface area contributed by atoms with E-state index in [9.17, 15) is 24.0 Å². The lowest BCUT2D eigenvalue weighted by Crippen LogP contribution is -2.74. The minimum Gasteiger partial charge on any atom is -0.445 e. The number of carbonyl (C=O) groups excluding carboxylic acids is 5. The van der Waals surface area contributed by atoms with Crippen LogP contribution in [0.15, 0.2) is 91.0 Å². The van der Waals surface area contributed by atoms with E-state index in [1.807, 2.05) is 6.07 Å². The molecule has 1 fully saturated rings. The number of ether oxygens (including phenoxy) is 2. The first kappa shape index (κ1) is 26.4. The number of nitrogens with zero attached hydrogens (tertiary/aromatic N) is 1. The molecule has 0 spiro atoms. The molecule has 9 heteroatoms. The summed E-state index contributed by atoms with van der Waals surface area (Å²) in [6.45, 7) is 0.854. The molecule has 1 heterocycles. The van der Waals surface area contributed by atoms with Crippen LogP contribution in [0, 0.1) is 0 Å². The van der Waals surface area contributed by atoms with Crippen molar-refractivity contribution in [2.75, 3.05) is 6.61 Å². The van der Waals surface area contributed by atoms with Gasteiger partial charge in [-0.1, -0.05) is 91.0 Å². The zero-order chi connectivity index (χ0) is 27.1. The Morgan fingerprint density at radius 3 is 1.89 bits per heavy atom. The van der Waals surface area contributed by atoms with Gasteiger partial charge in [-0.15, -0.1) is 0 Å². The third-order valence-electron chi connectivity index (χ3n) is 5.85. The molecule has 194 valence electrons. The first-order valence-corrected chi connectivity index (χ1v) is 12.0. The van der Waals surface area contributed by atoms with E-state index in [1.54, 1.807) is 84.9 Å². The van der Waals surface area contributed by atoms with Crippen LogP contribution in [0.25, 0.3) is 0 Å². The Morgan fingerprint density at radius 2 is 1.37 bits per heavy atom. The molecule has 0 aromatic heterocycles. The highest BCUT2D eigenvalue weighted by molar-refractivity contribution is 6.36. The van der Waals surface area contributed by atoms with Gasteiger partial charge in [0.05, 0.1) is 6.42 Å². The summed E-state index contributed by atoms with van der Waals surface area (Å²) in [6, 6.07) is 25.4. The number of rotatable bonds is 9. The molecule has 0 radical (unpaired) electrons. The molecule has 0 saturated carbocycles. The van der Waals surface area contributed by atoms with Gasteiger partial charge in [-0.3, -0.25) is 19.2 Å². The molecule has 4 rings (SSSR count). The number of nitrogens with one attached hydrogen (secondary N) is 1. The van der Waals surface area contributed by atoms with Crippen molar-refractivity contribution >= 4 is 29.5 Å². The Morgan fingerprint density at radius 1 is 0.842 bits per heavy atom. The van der Waals surface area contributed by atoms with Crippen LogP contribution in [0.2, 0.25) is 0 Å². The summed E-state index contributed by atoms with van der Waals surface area (Å²) in [5.74, 6) is -4.20. The van der Waals surface area contributed by atoms with Crippen LogP contribution < -0.4 is 5.32 Å². The molecule has 3 amide bonds. The first-order chi connectivity index (χ1) is 18.3. The summed E-state index contributed by atoms with van der Waals surface area (Å²) >= 11 is 0. The summed E-state index contributed by atoms with van der Waals surface area (Å²) in [5.41, 5.74) is 1.98. The van der Waals surface area contributed by atoms with Gasteiger partial charge in [0.2, 0.25) is 5.91 Å². The van der Waals surface area contributed by atoms with E-state index in [1.165, 1.54) is 6.92 Å². The van der Waals surface area contributed by atoms with Crippen molar-refractivity contribution < 1.29 is 33.4 Å². The van der Waals surface area contributed by atoms with Crippen molar-refractivity contribution in [3.8, 4) is 0 Å². The van der Waals surface area contributed by atoms with Crippen LogP contribution in [0.5, 0.6) is 0 Å². The third-order valence-corrected chi connectivity index (χ3v) is 5.85. The number of benzene rings is 3. The number of hydrogen-bond donors (Lipinski definition) is 1. The lowest BCUT2D eigenvalue weighted by molar-refractivity contribution is -0.196. The molecular formula is C29H26N2O7. The van der Waals surface area contributed by atoms with E-state index < -0.39 is 48.7 Å². The van der Waals surface area contributed by atoms with E-state index in [4.69, 9.17) is 9.47 Å². The highest BCUT2D eigenvalue weighted by Crippen LogP contribution is 2.28. The van der Waals surface area contributed by atoms with Gasteiger partial charge in [0, 0.05) is 0 Å². The van der Waals surface area contributed by atoms with Crippen molar-refractivity contribution in [1.82, 2.24) is 10.2 Å². The molecule has 0 aliphatic carbocycles. The third kappa shape index (κ3) is 6.19. The smallest absolute Gasteiger partial charge is 0.398 e. The number of Topliss-reactive ketones (excluding diaryl/α,β-unsaturated/α-hetero) is 1. The molecule has 1 aliphatic rings. The van der Waals surface area contributed by atoms with Crippen LogP contribution in [0.4, 0.5) is 0 Å². The molecule has 38 heavy (non-hydrogen) atoms. The minimum absolute atomic E-state index is 0.00410. The van der Waals surface area contributed by atoms with Crippen molar-refractivity contribution in [2.45, 2.75) is 31.7 Å². The summed E-state index contributed by atoms with van der Waals surface area (Å²) in [7, 11) is 0. The average molecular weight is 515 g/mol. The zero-order valence-electron chi connectivity index (χ0n) is 20.6. The van der Waals surface area contributed by atoms with E-state index in [0.717, 1.165) is 5.56 Å². The van der Waals surface area contributed by atoms with Crippen LogP contribution in [0.1, 0.15) is 29.7 Å². The second kappa shape index (κ2) is 12.1. The first-order valence-electron chi connectivity index (χ1n) is 12.0. The van der Waals surface area contributed by atoms with Gasteiger partial charge in [-0.25, -0.2) is 9.69 Å². The topological polar surface area (TPSA) is 119 Å². The van der Waals surface area contributed by atoms with Gasteiger partial charge in [-0.05, 0) is 23.6 Å². The molecule has 1 saturated heterocycles. The van der Waals surface area contributed by atoms with Crippen molar-refractivity contribution in [3.63, 3.8) is 0 Å².